The molecule has 0 saturated carbocycles. The van der Waals surface area contributed by atoms with Crippen molar-refractivity contribution >= 4 is 30.1 Å². The van der Waals surface area contributed by atoms with Crippen LogP contribution in [0.25, 0.3) is 0 Å². The third kappa shape index (κ3) is 3.44. The Balaban J connectivity index is 0.00000133. The van der Waals surface area contributed by atoms with Gasteiger partial charge >= 0.3 is 0 Å². The molecular weight excluding hydrogens is 280 g/mol. The summed E-state index contributed by atoms with van der Waals surface area (Å²) >= 11 is 1.94. The van der Waals surface area contributed by atoms with Crippen molar-refractivity contribution in [1.29, 1.82) is 0 Å². The van der Waals surface area contributed by atoms with Gasteiger partial charge in [0.2, 0.25) is 5.91 Å². The van der Waals surface area contributed by atoms with E-state index in [9.17, 15) is 4.79 Å². The zero-order chi connectivity index (χ0) is 12.4. The smallest absolute Gasteiger partial charge is 0.224 e. The Labute approximate surface area is 124 Å². The molecule has 1 N–H and O–H groups in total. The van der Waals surface area contributed by atoms with E-state index in [2.05, 4.69) is 17.4 Å². The van der Waals surface area contributed by atoms with Crippen LogP contribution in [-0.4, -0.2) is 34.9 Å². The summed E-state index contributed by atoms with van der Waals surface area (Å²) < 4.78 is 0. The third-order valence-electron chi connectivity index (χ3n) is 3.61. The molecule has 2 aliphatic rings. The summed E-state index contributed by atoms with van der Waals surface area (Å²) in [7, 11) is 0. The first kappa shape index (κ1) is 14.7. The molecule has 1 saturated heterocycles. The minimum Gasteiger partial charge on any atom is -0.334 e. The summed E-state index contributed by atoms with van der Waals surface area (Å²) in [5.41, 5.74) is 2.61. The molecule has 0 radical (unpaired) electrons. The number of halogens is 1. The van der Waals surface area contributed by atoms with Gasteiger partial charge in [-0.2, -0.15) is 11.8 Å². The molecule has 2 aliphatic heterocycles. The second-order valence-electron chi connectivity index (χ2n) is 4.95. The van der Waals surface area contributed by atoms with Crippen LogP contribution in [0, 0.1) is 0 Å². The molecule has 1 fully saturated rings. The van der Waals surface area contributed by atoms with Gasteiger partial charge in [-0.3, -0.25) is 4.79 Å². The van der Waals surface area contributed by atoms with Gasteiger partial charge in [-0.15, -0.1) is 12.4 Å². The fraction of sp³-hybridized carbons (Fsp3) is 0.500. The van der Waals surface area contributed by atoms with Crippen molar-refractivity contribution in [2.24, 2.45) is 0 Å². The van der Waals surface area contributed by atoms with Crippen LogP contribution in [0.4, 0.5) is 0 Å². The highest BCUT2D eigenvalue weighted by Crippen LogP contribution is 2.23. The Morgan fingerprint density at radius 3 is 2.58 bits per heavy atom. The lowest BCUT2D eigenvalue weighted by Crippen LogP contribution is -2.41. The first-order chi connectivity index (χ1) is 8.83. The first-order valence-electron chi connectivity index (χ1n) is 6.48. The Kier molecular flexibility index (Phi) is 5.13. The number of thioether (sulfide) groups is 1. The number of carbonyl (C=O) groups excluding carboxylic acids is 1. The van der Waals surface area contributed by atoms with Gasteiger partial charge in [0.25, 0.3) is 0 Å². The second kappa shape index (κ2) is 6.64. The molecule has 1 aromatic rings. The van der Waals surface area contributed by atoms with E-state index in [0.29, 0.717) is 12.5 Å². The van der Waals surface area contributed by atoms with Gasteiger partial charge in [-0.05, 0) is 11.1 Å². The third-order valence-corrected chi connectivity index (χ3v) is 4.74. The van der Waals surface area contributed by atoms with Gasteiger partial charge in [0.1, 0.15) is 0 Å². The number of nitrogens with zero attached hydrogens (tertiary/aromatic N) is 1. The number of amides is 1. The highest BCUT2D eigenvalue weighted by Gasteiger charge is 2.25. The molecule has 3 rings (SSSR count). The normalized spacial score (nSPS) is 21.7. The van der Waals surface area contributed by atoms with Crippen molar-refractivity contribution in [3.63, 3.8) is 0 Å². The summed E-state index contributed by atoms with van der Waals surface area (Å²) in [6.07, 6.45) is 0.640. The summed E-state index contributed by atoms with van der Waals surface area (Å²) in [4.78, 5) is 14.2. The fourth-order valence-corrected chi connectivity index (χ4v) is 3.55. The molecule has 1 unspecified atom stereocenters. The van der Waals surface area contributed by atoms with Gasteiger partial charge in [0.05, 0.1) is 0 Å². The predicted molar refractivity (Wildman–Crippen MR) is 81.7 cm³/mol. The second-order valence-corrected chi connectivity index (χ2v) is 6.10. The Hall–Kier alpha value is -0.710. The number of rotatable bonds is 2. The summed E-state index contributed by atoms with van der Waals surface area (Å²) in [5, 5.41) is 3.43. The average Bonchev–Trinajstić information content (AvgIpc) is 2.84. The number of benzene rings is 1. The summed E-state index contributed by atoms with van der Waals surface area (Å²) in [5.74, 6) is 2.51. The summed E-state index contributed by atoms with van der Waals surface area (Å²) in [6, 6.07) is 8.70. The van der Waals surface area contributed by atoms with E-state index in [1.54, 1.807) is 0 Å². The van der Waals surface area contributed by atoms with Gasteiger partial charge in [0.15, 0.2) is 0 Å². The van der Waals surface area contributed by atoms with Crippen LogP contribution in [0.15, 0.2) is 24.3 Å². The van der Waals surface area contributed by atoms with Crippen LogP contribution >= 0.6 is 24.2 Å². The molecule has 0 aliphatic carbocycles. The number of carbonyl (C=O) groups is 1. The quantitative estimate of drug-likeness (QED) is 0.907. The van der Waals surface area contributed by atoms with E-state index in [4.69, 9.17) is 0 Å². The Morgan fingerprint density at radius 2 is 2.00 bits per heavy atom. The number of hydrogen-bond acceptors (Lipinski definition) is 3. The van der Waals surface area contributed by atoms with Crippen molar-refractivity contribution in [1.82, 2.24) is 10.2 Å². The largest absolute Gasteiger partial charge is 0.334 e. The van der Waals surface area contributed by atoms with E-state index in [1.165, 1.54) is 16.9 Å². The van der Waals surface area contributed by atoms with Crippen LogP contribution in [0.5, 0.6) is 0 Å². The maximum atomic E-state index is 12.3. The molecular formula is C14H19ClN2OS. The number of nitrogens with one attached hydrogen (secondary N) is 1. The highest BCUT2D eigenvalue weighted by molar-refractivity contribution is 7.99. The lowest BCUT2D eigenvalue weighted by Gasteiger charge is -2.25. The Bertz CT molecular complexity index is 424. The topological polar surface area (TPSA) is 32.3 Å². The van der Waals surface area contributed by atoms with Crippen molar-refractivity contribution in [3.8, 4) is 0 Å². The Morgan fingerprint density at radius 1 is 1.32 bits per heavy atom. The van der Waals surface area contributed by atoms with Crippen molar-refractivity contribution in [2.75, 3.05) is 18.1 Å². The molecule has 0 bridgehead atoms. The molecule has 0 spiro atoms. The van der Waals surface area contributed by atoms with E-state index >= 15 is 0 Å². The fourth-order valence-electron chi connectivity index (χ4n) is 2.60. The zero-order valence-corrected chi connectivity index (χ0v) is 12.4. The minimum absolute atomic E-state index is 0. The zero-order valence-electron chi connectivity index (χ0n) is 10.8. The van der Waals surface area contributed by atoms with Crippen LogP contribution in [0.2, 0.25) is 0 Å². The van der Waals surface area contributed by atoms with Gasteiger partial charge in [-0.25, -0.2) is 0 Å². The monoisotopic (exact) mass is 298 g/mol. The number of fused-ring (bicyclic) bond motifs is 1. The van der Waals surface area contributed by atoms with Crippen molar-refractivity contribution < 1.29 is 4.79 Å². The summed E-state index contributed by atoms with van der Waals surface area (Å²) in [6.45, 7) is 2.60. The minimum atomic E-state index is 0. The maximum Gasteiger partial charge on any atom is 0.224 e. The molecule has 2 heterocycles. The van der Waals surface area contributed by atoms with Crippen LogP contribution in [0.1, 0.15) is 17.5 Å². The molecule has 3 nitrogen and oxygen atoms in total. The molecule has 1 amide bonds. The molecule has 19 heavy (non-hydrogen) atoms. The van der Waals surface area contributed by atoms with Crippen LogP contribution in [0.3, 0.4) is 0 Å². The average molecular weight is 299 g/mol. The first-order valence-corrected chi connectivity index (χ1v) is 7.64. The lowest BCUT2D eigenvalue weighted by molar-refractivity contribution is -0.132. The van der Waals surface area contributed by atoms with Gasteiger partial charge in [-0.1, -0.05) is 24.3 Å². The van der Waals surface area contributed by atoms with E-state index in [-0.39, 0.29) is 18.3 Å². The van der Waals surface area contributed by atoms with E-state index in [0.717, 1.165) is 25.4 Å². The highest BCUT2D eigenvalue weighted by atomic mass is 35.5. The molecule has 1 atom stereocenters. The molecule has 0 aromatic heterocycles. The van der Waals surface area contributed by atoms with Crippen LogP contribution < -0.4 is 5.32 Å². The lowest BCUT2D eigenvalue weighted by atomic mass is 10.1. The standard InChI is InChI=1S/C14H18N2OS.ClH/c17-14(7-13-10-18-6-5-15-13)16-8-11-3-1-2-4-12(11)9-16;/h1-4,13,15H,5-10H2;1H. The molecule has 104 valence electrons. The predicted octanol–water partition coefficient (Wildman–Crippen LogP) is 2.05. The van der Waals surface area contributed by atoms with Crippen molar-refractivity contribution in [3.05, 3.63) is 35.4 Å². The maximum absolute atomic E-state index is 12.3. The van der Waals surface area contributed by atoms with E-state index in [1.807, 2.05) is 28.8 Å². The molecule has 5 heteroatoms. The molecule has 1 aromatic carbocycles. The van der Waals surface area contributed by atoms with Crippen LogP contribution in [-0.2, 0) is 17.9 Å². The van der Waals surface area contributed by atoms with Crippen molar-refractivity contribution in [2.45, 2.75) is 25.6 Å². The number of hydrogen-bond donors (Lipinski definition) is 1. The SMILES string of the molecule is Cl.O=C(CC1CSCCN1)N1Cc2ccccc2C1. The van der Waals surface area contributed by atoms with E-state index < -0.39 is 0 Å². The van der Waals surface area contributed by atoms with Gasteiger partial charge < -0.3 is 10.2 Å². The van der Waals surface area contributed by atoms with Gasteiger partial charge in [0, 0.05) is 43.6 Å².